The lowest BCUT2D eigenvalue weighted by Gasteiger charge is -2.04. The van der Waals surface area contributed by atoms with Crippen molar-refractivity contribution < 1.29 is 19.4 Å². The summed E-state index contributed by atoms with van der Waals surface area (Å²) < 4.78 is 10.2. The summed E-state index contributed by atoms with van der Waals surface area (Å²) in [5, 5.41) is 8.36. The normalized spacial score (nSPS) is 15.5. The maximum Gasteiger partial charge on any atom is 0.320 e. The largest absolute Gasteiger partial charge is 0.480 e. The summed E-state index contributed by atoms with van der Waals surface area (Å²) in [7, 11) is -2.39. The average molecular weight is 195 g/mol. The van der Waals surface area contributed by atoms with Crippen LogP contribution in [-0.2, 0) is 9.36 Å². The van der Waals surface area contributed by atoms with Crippen molar-refractivity contribution in [2.75, 3.05) is 6.16 Å². The fraction of sp³-hybridized carbons (Fsp3) is 0.833. The van der Waals surface area contributed by atoms with E-state index in [0.29, 0.717) is 19.3 Å². The molecule has 0 aliphatic carbocycles. The van der Waals surface area contributed by atoms with Crippen molar-refractivity contribution in [3.05, 3.63) is 0 Å². The molecule has 6 heteroatoms. The molecule has 0 fully saturated rings. The van der Waals surface area contributed by atoms with Crippen LogP contribution in [0.15, 0.2) is 0 Å². The highest BCUT2D eigenvalue weighted by Gasteiger charge is 2.09. The first-order valence-electron chi connectivity index (χ1n) is 3.74. The van der Waals surface area contributed by atoms with Crippen LogP contribution in [0.5, 0.6) is 0 Å². The zero-order valence-corrected chi connectivity index (χ0v) is 7.69. The molecule has 2 unspecified atom stereocenters. The molecular formula is C6H14NO4P. The topological polar surface area (TPSA) is 101 Å². The minimum Gasteiger partial charge on any atom is -0.480 e. The summed E-state index contributed by atoms with van der Waals surface area (Å²) in [4.78, 5) is 18.6. The van der Waals surface area contributed by atoms with E-state index in [0.717, 1.165) is 0 Å². The smallest absolute Gasteiger partial charge is 0.320 e. The standard InChI is InChI=1S/C6H14NO4P/c7-5(6(8)9)3-1-2-4-12(10)11/h5,12H,1-4,7H2,(H,8,9)(H,10,11). The number of hydrogen-bond acceptors (Lipinski definition) is 3. The maximum atomic E-state index is 10.2. The molecule has 2 atom stereocenters. The second-order valence-electron chi connectivity index (χ2n) is 2.58. The van der Waals surface area contributed by atoms with Crippen LogP contribution in [-0.4, -0.2) is 28.2 Å². The average Bonchev–Trinajstić information content (AvgIpc) is 1.97. The molecule has 0 spiro atoms. The second kappa shape index (κ2) is 6.17. The predicted molar refractivity (Wildman–Crippen MR) is 45.5 cm³/mol. The first kappa shape index (κ1) is 11.6. The van der Waals surface area contributed by atoms with Crippen LogP contribution in [0.4, 0.5) is 0 Å². The fourth-order valence-corrected chi connectivity index (χ4v) is 1.32. The van der Waals surface area contributed by atoms with Crippen molar-refractivity contribution in [1.82, 2.24) is 0 Å². The summed E-state index contributed by atoms with van der Waals surface area (Å²) in [6.07, 6.45) is 1.78. The van der Waals surface area contributed by atoms with E-state index in [1.54, 1.807) is 0 Å². The van der Waals surface area contributed by atoms with Gasteiger partial charge in [-0.25, -0.2) is 0 Å². The van der Waals surface area contributed by atoms with Gasteiger partial charge in [-0.05, 0) is 12.8 Å². The number of carboxylic acids is 1. The Kier molecular flexibility index (Phi) is 5.98. The van der Waals surface area contributed by atoms with Gasteiger partial charge in [0.1, 0.15) is 6.04 Å². The minimum atomic E-state index is -2.39. The van der Waals surface area contributed by atoms with Crippen LogP contribution in [0.1, 0.15) is 19.3 Å². The van der Waals surface area contributed by atoms with Gasteiger partial charge in [0.25, 0.3) is 0 Å². The molecule has 5 nitrogen and oxygen atoms in total. The molecule has 0 heterocycles. The quantitative estimate of drug-likeness (QED) is 0.410. The number of nitrogens with two attached hydrogens (primary N) is 1. The molecule has 0 aliphatic heterocycles. The van der Waals surface area contributed by atoms with Crippen LogP contribution < -0.4 is 5.73 Å². The molecule has 12 heavy (non-hydrogen) atoms. The molecule has 0 aromatic carbocycles. The van der Waals surface area contributed by atoms with Gasteiger partial charge < -0.3 is 15.7 Å². The molecule has 0 amide bonds. The van der Waals surface area contributed by atoms with Gasteiger partial charge in [-0.3, -0.25) is 9.36 Å². The lowest BCUT2D eigenvalue weighted by atomic mass is 10.1. The molecule has 0 radical (unpaired) electrons. The predicted octanol–water partition coefficient (Wildman–Crippen LogP) is 0.0356. The van der Waals surface area contributed by atoms with Crippen molar-refractivity contribution in [3.63, 3.8) is 0 Å². The van der Waals surface area contributed by atoms with E-state index in [1.807, 2.05) is 0 Å². The Morgan fingerprint density at radius 2 is 2.08 bits per heavy atom. The number of carbonyl (C=O) groups is 1. The Morgan fingerprint density at radius 1 is 1.50 bits per heavy atom. The van der Waals surface area contributed by atoms with Gasteiger partial charge in [0.2, 0.25) is 0 Å². The SMILES string of the molecule is NC(CCCC[PH](=O)O)C(=O)O. The molecule has 0 aromatic rings. The third-order valence-corrected chi connectivity index (χ3v) is 2.25. The number of carboxylic acid groups (broad SMARTS) is 1. The molecule has 0 saturated carbocycles. The number of aliphatic carboxylic acids is 1. The van der Waals surface area contributed by atoms with Crippen molar-refractivity contribution in [2.45, 2.75) is 25.3 Å². The first-order chi connectivity index (χ1) is 5.54. The molecular weight excluding hydrogens is 181 g/mol. The molecule has 0 aliphatic rings. The zero-order chi connectivity index (χ0) is 9.56. The van der Waals surface area contributed by atoms with Gasteiger partial charge in [0, 0.05) is 6.16 Å². The lowest BCUT2D eigenvalue weighted by molar-refractivity contribution is -0.138. The van der Waals surface area contributed by atoms with Crippen LogP contribution in [0.2, 0.25) is 0 Å². The summed E-state index contributed by atoms with van der Waals surface area (Å²) in [6.45, 7) is 0. The third kappa shape index (κ3) is 6.34. The van der Waals surface area contributed by atoms with Crippen LogP contribution in [0.3, 0.4) is 0 Å². The van der Waals surface area contributed by atoms with Crippen molar-refractivity contribution in [1.29, 1.82) is 0 Å². The van der Waals surface area contributed by atoms with Crippen molar-refractivity contribution >= 4 is 14.0 Å². The van der Waals surface area contributed by atoms with Gasteiger partial charge in [-0.2, -0.15) is 0 Å². The van der Waals surface area contributed by atoms with E-state index in [2.05, 4.69) is 0 Å². The maximum absolute atomic E-state index is 10.2. The number of hydrogen-bond donors (Lipinski definition) is 3. The van der Waals surface area contributed by atoms with Gasteiger partial charge in [-0.15, -0.1) is 0 Å². The Morgan fingerprint density at radius 3 is 2.50 bits per heavy atom. The van der Waals surface area contributed by atoms with E-state index >= 15 is 0 Å². The van der Waals surface area contributed by atoms with Crippen LogP contribution in [0, 0.1) is 0 Å². The molecule has 0 rings (SSSR count). The zero-order valence-electron chi connectivity index (χ0n) is 6.69. The Labute approximate surface area is 71.4 Å². The van der Waals surface area contributed by atoms with Crippen LogP contribution in [0.25, 0.3) is 0 Å². The molecule has 72 valence electrons. The molecule has 0 bridgehead atoms. The second-order valence-corrected chi connectivity index (χ2v) is 3.87. The third-order valence-electron chi connectivity index (χ3n) is 1.47. The lowest BCUT2D eigenvalue weighted by Crippen LogP contribution is -2.29. The summed E-state index contributed by atoms with van der Waals surface area (Å²) in [6, 6.07) is -0.842. The van der Waals surface area contributed by atoms with Gasteiger partial charge in [0.05, 0.1) is 0 Å². The number of unbranched alkanes of at least 4 members (excludes halogenated alkanes) is 1. The Balaban J connectivity index is 3.31. The van der Waals surface area contributed by atoms with E-state index in [4.69, 9.17) is 15.7 Å². The van der Waals surface area contributed by atoms with Crippen molar-refractivity contribution in [3.8, 4) is 0 Å². The summed E-state index contributed by atoms with van der Waals surface area (Å²) >= 11 is 0. The highest BCUT2D eigenvalue weighted by atomic mass is 31.1. The van der Waals surface area contributed by atoms with E-state index in [9.17, 15) is 9.36 Å². The first-order valence-corrected chi connectivity index (χ1v) is 5.30. The van der Waals surface area contributed by atoms with E-state index in [-0.39, 0.29) is 6.16 Å². The van der Waals surface area contributed by atoms with E-state index < -0.39 is 20.0 Å². The minimum absolute atomic E-state index is 0.261. The fourth-order valence-electron chi connectivity index (χ4n) is 0.764. The van der Waals surface area contributed by atoms with Crippen LogP contribution >= 0.6 is 8.03 Å². The molecule has 4 N–H and O–H groups in total. The van der Waals surface area contributed by atoms with Crippen molar-refractivity contribution in [2.24, 2.45) is 5.73 Å². The summed E-state index contributed by atoms with van der Waals surface area (Å²) in [5.74, 6) is -1.02. The monoisotopic (exact) mass is 195 g/mol. The highest BCUT2D eigenvalue weighted by Crippen LogP contribution is 2.15. The van der Waals surface area contributed by atoms with Gasteiger partial charge in [0.15, 0.2) is 8.03 Å². The Bertz CT molecular complexity index is 173. The van der Waals surface area contributed by atoms with E-state index in [1.165, 1.54) is 0 Å². The van der Waals surface area contributed by atoms with Gasteiger partial charge >= 0.3 is 5.97 Å². The summed E-state index contributed by atoms with van der Waals surface area (Å²) in [5.41, 5.74) is 5.20. The Hall–Kier alpha value is -0.380. The highest BCUT2D eigenvalue weighted by molar-refractivity contribution is 7.37. The van der Waals surface area contributed by atoms with Gasteiger partial charge in [-0.1, -0.05) is 6.42 Å². The number of rotatable bonds is 6. The molecule has 0 aromatic heterocycles. The molecule has 0 saturated heterocycles.